The molecule has 1 rings (SSSR count). The Morgan fingerprint density at radius 2 is 2.13 bits per heavy atom. The Bertz CT molecular complexity index is 377. The number of carbonyl (C=O) groups excluding carboxylic acids is 1. The van der Waals surface area contributed by atoms with Crippen LogP contribution in [-0.4, -0.2) is 17.7 Å². The third-order valence-electron chi connectivity index (χ3n) is 1.73. The zero-order valence-electron chi connectivity index (χ0n) is 8.09. The molecule has 5 heteroatoms. The van der Waals surface area contributed by atoms with Gasteiger partial charge in [0, 0.05) is 6.07 Å². The highest BCUT2D eigenvalue weighted by atomic mass is 35.5. The van der Waals surface area contributed by atoms with Crippen molar-refractivity contribution in [3.05, 3.63) is 27.7 Å². The first-order valence-electron chi connectivity index (χ1n) is 4.37. The summed E-state index contributed by atoms with van der Waals surface area (Å²) in [6.45, 7) is 2.03. The summed E-state index contributed by atoms with van der Waals surface area (Å²) in [6.07, 6.45) is 0.000787. The van der Waals surface area contributed by atoms with Gasteiger partial charge in [-0.05, 0) is 18.6 Å². The Kier molecular flexibility index (Phi) is 4.24. The lowest BCUT2D eigenvalue weighted by Crippen LogP contribution is -2.07. The molecular formula is C10H10Cl2O3. The smallest absolute Gasteiger partial charge is 0.310 e. The predicted octanol–water partition coefficient (Wildman–Crippen LogP) is 2.80. The summed E-state index contributed by atoms with van der Waals surface area (Å²) in [5.41, 5.74) is 0.458. The first-order chi connectivity index (χ1) is 7.04. The molecule has 0 aromatic heterocycles. The summed E-state index contributed by atoms with van der Waals surface area (Å²) >= 11 is 11.6. The molecule has 0 aliphatic heterocycles. The van der Waals surface area contributed by atoms with Crippen LogP contribution in [0.2, 0.25) is 10.0 Å². The average Bonchev–Trinajstić information content (AvgIpc) is 2.13. The van der Waals surface area contributed by atoms with Crippen molar-refractivity contribution in [1.82, 2.24) is 0 Å². The van der Waals surface area contributed by atoms with Crippen molar-refractivity contribution in [1.29, 1.82) is 0 Å². The van der Waals surface area contributed by atoms with E-state index in [0.29, 0.717) is 12.2 Å². The van der Waals surface area contributed by atoms with Gasteiger partial charge in [0.2, 0.25) is 0 Å². The van der Waals surface area contributed by atoms with Crippen LogP contribution in [0.5, 0.6) is 5.75 Å². The van der Waals surface area contributed by atoms with Crippen LogP contribution >= 0.6 is 23.2 Å². The molecule has 3 nitrogen and oxygen atoms in total. The SMILES string of the molecule is CCOC(=O)Cc1cc(O)cc(Cl)c1Cl. The van der Waals surface area contributed by atoms with Crippen molar-refractivity contribution >= 4 is 29.2 Å². The number of aromatic hydroxyl groups is 1. The van der Waals surface area contributed by atoms with Gasteiger partial charge < -0.3 is 9.84 Å². The average molecular weight is 249 g/mol. The minimum absolute atomic E-state index is 0.000787. The first-order valence-corrected chi connectivity index (χ1v) is 5.12. The normalized spacial score (nSPS) is 10.1. The van der Waals surface area contributed by atoms with E-state index in [9.17, 15) is 9.90 Å². The molecule has 82 valence electrons. The fraction of sp³-hybridized carbons (Fsp3) is 0.300. The second kappa shape index (κ2) is 5.24. The number of rotatable bonds is 3. The first kappa shape index (κ1) is 12.1. The number of phenols is 1. The zero-order chi connectivity index (χ0) is 11.4. The van der Waals surface area contributed by atoms with Crippen molar-refractivity contribution in [3.63, 3.8) is 0 Å². The van der Waals surface area contributed by atoms with Gasteiger partial charge in [0.05, 0.1) is 23.1 Å². The molecule has 0 radical (unpaired) electrons. The second-order valence-corrected chi connectivity index (χ2v) is 3.67. The van der Waals surface area contributed by atoms with E-state index in [1.807, 2.05) is 0 Å². The third-order valence-corrected chi connectivity index (χ3v) is 2.57. The van der Waals surface area contributed by atoms with E-state index in [-0.39, 0.29) is 22.2 Å². The van der Waals surface area contributed by atoms with E-state index in [1.165, 1.54) is 12.1 Å². The summed E-state index contributed by atoms with van der Waals surface area (Å²) in [5, 5.41) is 9.75. The standard InChI is InChI=1S/C10H10Cl2O3/c1-2-15-9(14)4-6-3-7(13)5-8(11)10(6)12/h3,5,13H,2,4H2,1H3. The molecule has 0 aliphatic rings. The fourth-order valence-electron chi connectivity index (χ4n) is 1.13. The number of carbonyl (C=O) groups is 1. The Hall–Kier alpha value is -0.930. The molecule has 0 fully saturated rings. The molecule has 0 aliphatic carbocycles. The van der Waals surface area contributed by atoms with E-state index in [1.54, 1.807) is 6.92 Å². The number of halogens is 2. The maximum absolute atomic E-state index is 11.2. The molecule has 0 heterocycles. The fourth-order valence-corrected chi connectivity index (χ4v) is 1.54. The summed E-state index contributed by atoms with van der Waals surface area (Å²) in [6, 6.07) is 2.71. The van der Waals surface area contributed by atoms with Crippen molar-refractivity contribution in [2.75, 3.05) is 6.61 Å². The van der Waals surface area contributed by atoms with E-state index >= 15 is 0 Å². The maximum Gasteiger partial charge on any atom is 0.310 e. The number of ether oxygens (including phenoxy) is 1. The highest BCUT2D eigenvalue weighted by Crippen LogP contribution is 2.30. The number of benzene rings is 1. The zero-order valence-corrected chi connectivity index (χ0v) is 9.60. The predicted molar refractivity (Wildman–Crippen MR) is 58.5 cm³/mol. The molecule has 0 atom stereocenters. The maximum atomic E-state index is 11.2. The lowest BCUT2D eigenvalue weighted by Gasteiger charge is -2.06. The molecule has 0 saturated carbocycles. The molecule has 0 saturated heterocycles. The monoisotopic (exact) mass is 248 g/mol. The van der Waals surface area contributed by atoms with Gasteiger partial charge in [0.1, 0.15) is 5.75 Å². The highest BCUT2D eigenvalue weighted by molar-refractivity contribution is 6.42. The van der Waals surface area contributed by atoms with Crippen molar-refractivity contribution in [2.45, 2.75) is 13.3 Å². The van der Waals surface area contributed by atoms with Gasteiger partial charge in [0.25, 0.3) is 0 Å². The summed E-state index contributed by atoms with van der Waals surface area (Å²) in [5.74, 6) is -0.426. The van der Waals surface area contributed by atoms with Gasteiger partial charge in [-0.3, -0.25) is 4.79 Å². The quantitative estimate of drug-likeness (QED) is 0.838. The molecule has 15 heavy (non-hydrogen) atoms. The van der Waals surface area contributed by atoms with Crippen LogP contribution in [0.3, 0.4) is 0 Å². The van der Waals surface area contributed by atoms with Crippen LogP contribution in [0, 0.1) is 0 Å². The molecule has 1 aromatic rings. The summed E-state index contributed by atoms with van der Waals surface area (Å²) in [7, 11) is 0. The van der Waals surface area contributed by atoms with Crippen molar-refractivity contribution in [2.24, 2.45) is 0 Å². The van der Waals surface area contributed by atoms with Crippen LogP contribution in [0.15, 0.2) is 12.1 Å². The summed E-state index contributed by atoms with van der Waals surface area (Å²) in [4.78, 5) is 11.2. The van der Waals surface area contributed by atoms with Crippen LogP contribution in [0.4, 0.5) is 0 Å². The Morgan fingerprint density at radius 3 is 2.73 bits per heavy atom. The molecule has 0 spiro atoms. The largest absolute Gasteiger partial charge is 0.508 e. The Balaban J connectivity index is 2.89. The molecule has 0 bridgehead atoms. The number of esters is 1. The molecule has 0 amide bonds. The lowest BCUT2D eigenvalue weighted by atomic mass is 10.1. The number of hydrogen-bond acceptors (Lipinski definition) is 3. The van der Waals surface area contributed by atoms with Gasteiger partial charge >= 0.3 is 5.97 Å². The molecule has 1 aromatic carbocycles. The van der Waals surface area contributed by atoms with E-state index in [0.717, 1.165) is 0 Å². The van der Waals surface area contributed by atoms with Crippen LogP contribution < -0.4 is 0 Å². The van der Waals surface area contributed by atoms with E-state index in [4.69, 9.17) is 27.9 Å². The lowest BCUT2D eigenvalue weighted by molar-refractivity contribution is -0.142. The van der Waals surface area contributed by atoms with Crippen LogP contribution in [0.1, 0.15) is 12.5 Å². The van der Waals surface area contributed by atoms with Crippen molar-refractivity contribution in [3.8, 4) is 5.75 Å². The molecule has 1 N–H and O–H groups in total. The minimum Gasteiger partial charge on any atom is -0.508 e. The van der Waals surface area contributed by atoms with Crippen LogP contribution in [0.25, 0.3) is 0 Å². The third kappa shape index (κ3) is 3.29. The van der Waals surface area contributed by atoms with E-state index < -0.39 is 5.97 Å². The topological polar surface area (TPSA) is 46.5 Å². The van der Waals surface area contributed by atoms with Gasteiger partial charge in [0.15, 0.2) is 0 Å². The van der Waals surface area contributed by atoms with Crippen molar-refractivity contribution < 1.29 is 14.6 Å². The number of phenolic OH excluding ortho intramolecular Hbond substituents is 1. The Labute approximate surface area is 97.6 Å². The van der Waals surface area contributed by atoms with Gasteiger partial charge in [-0.2, -0.15) is 0 Å². The number of hydrogen-bond donors (Lipinski definition) is 1. The minimum atomic E-state index is -0.402. The van der Waals surface area contributed by atoms with Crippen LogP contribution in [-0.2, 0) is 16.0 Å². The van der Waals surface area contributed by atoms with E-state index in [2.05, 4.69) is 0 Å². The highest BCUT2D eigenvalue weighted by Gasteiger charge is 2.11. The Morgan fingerprint density at radius 1 is 1.47 bits per heavy atom. The van der Waals surface area contributed by atoms with Gasteiger partial charge in [-0.15, -0.1) is 0 Å². The molecular weight excluding hydrogens is 239 g/mol. The van der Waals surface area contributed by atoms with Gasteiger partial charge in [-0.25, -0.2) is 0 Å². The summed E-state index contributed by atoms with van der Waals surface area (Å²) < 4.78 is 4.76. The molecule has 0 unspecified atom stereocenters. The second-order valence-electron chi connectivity index (χ2n) is 2.88. The van der Waals surface area contributed by atoms with Gasteiger partial charge in [-0.1, -0.05) is 23.2 Å².